The van der Waals surface area contributed by atoms with E-state index in [9.17, 15) is 4.79 Å². The zero-order chi connectivity index (χ0) is 13.8. The molecule has 5 nitrogen and oxygen atoms in total. The van der Waals surface area contributed by atoms with Gasteiger partial charge in [0.05, 0.1) is 13.2 Å². The van der Waals surface area contributed by atoms with Gasteiger partial charge in [-0.05, 0) is 31.0 Å². The molecule has 2 aromatic rings. The van der Waals surface area contributed by atoms with Gasteiger partial charge in [-0.1, -0.05) is 17.3 Å². The van der Waals surface area contributed by atoms with Gasteiger partial charge in [0.1, 0.15) is 5.69 Å². The molecule has 0 bridgehead atoms. The van der Waals surface area contributed by atoms with E-state index < -0.39 is 5.97 Å². The summed E-state index contributed by atoms with van der Waals surface area (Å²) in [4.78, 5) is 14.9. The van der Waals surface area contributed by atoms with Crippen LogP contribution in [0.4, 0.5) is 5.69 Å². The number of ether oxygens (including phenoxy) is 1. The van der Waals surface area contributed by atoms with E-state index in [0.717, 1.165) is 11.1 Å². The predicted octanol–water partition coefficient (Wildman–Crippen LogP) is 3.38. The van der Waals surface area contributed by atoms with Crippen molar-refractivity contribution < 1.29 is 14.1 Å². The summed E-state index contributed by atoms with van der Waals surface area (Å²) in [5.74, 6) is -0.486. The van der Waals surface area contributed by atoms with E-state index >= 15 is 0 Å². The zero-order valence-electron chi connectivity index (χ0n) is 10.6. The third-order valence-corrected chi connectivity index (χ3v) is 2.61. The third-order valence-electron chi connectivity index (χ3n) is 2.61. The quantitative estimate of drug-likeness (QED) is 0.624. The Hall–Kier alpha value is -2.61. The summed E-state index contributed by atoms with van der Waals surface area (Å²) in [6, 6.07) is 6.89. The van der Waals surface area contributed by atoms with Gasteiger partial charge in [0, 0.05) is 6.07 Å². The van der Waals surface area contributed by atoms with Gasteiger partial charge in [-0.3, -0.25) is 0 Å². The molecule has 1 aromatic carbocycles. The number of rotatable bonds is 3. The number of hydrogen-bond donors (Lipinski definition) is 0. The van der Waals surface area contributed by atoms with Gasteiger partial charge < -0.3 is 9.26 Å². The van der Waals surface area contributed by atoms with Crippen LogP contribution < -0.4 is 0 Å². The molecule has 19 heavy (non-hydrogen) atoms. The normalized spacial score (nSPS) is 9.95. The summed E-state index contributed by atoms with van der Waals surface area (Å²) in [5, 5.41) is 3.82. The molecule has 0 fully saturated rings. The number of nitrogens with zero attached hydrogens (tertiary/aromatic N) is 2. The Bertz CT molecular complexity index is 653. The molecular weight excluding hydrogens is 244 g/mol. The average Bonchev–Trinajstić information content (AvgIpc) is 2.89. The van der Waals surface area contributed by atoms with Crippen LogP contribution in [0.2, 0.25) is 0 Å². The van der Waals surface area contributed by atoms with E-state index in [1.54, 1.807) is 13.0 Å². The summed E-state index contributed by atoms with van der Waals surface area (Å²) in [5.41, 5.74) is 2.69. The number of benzene rings is 1. The minimum atomic E-state index is -0.543. The minimum absolute atomic E-state index is 0.0572. The van der Waals surface area contributed by atoms with Gasteiger partial charge in [0.2, 0.25) is 5.76 Å². The van der Waals surface area contributed by atoms with Gasteiger partial charge in [0.25, 0.3) is 0 Å². The fourth-order valence-corrected chi connectivity index (χ4v) is 1.60. The molecule has 0 unspecified atom stereocenters. The highest BCUT2D eigenvalue weighted by Gasteiger charge is 2.15. The number of carbonyl (C=O) groups excluding carboxylic acids is 1. The predicted molar refractivity (Wildman–Crippen MR) is 68.9 cm³/mol. The molecule has 1 aromatic heterocycles. The van der Waals surface area contributed by atoms with Crippen LogP contribution in [0.25, 0.3) is 16.1 Å². The molecule has 0 spiro atoms. The average molecular weight is 256 g/mol. The van der Waals surface area contributed by atoms with Crippen molar-refractivity contribution in [2.75, 3.05) is 6.61 Å². The third kappa shape index (κ3) is 2.63. The van der Waals surface area contributed by atoms with E-state index in [2.05, 4.69) is 10.0 Å². The van der Waals surface area contributed by atoms with Crippen molar-refractivity contribution in [3.8, 4) is 11.3 Å². The molecule has 96 valence electrons. The molecule has 0 radical (unpaired) electrons. The van der Waals surface area contributed by atoms with Crippen LogP contribution in [-0.4, -0.2) is 17.7 Å². The van der Waals surface area contributed by atoms with Crippen LogP contribution in [0.3, 0.4) is 0 Å². The van der Waals surface area contributed by atoms with E-state index in [1.807, 2.05) is 19.1 Å². The highest BCUT2D eigenvalue weighted by molar-refractivity contribution is 5.87. The largest absolute Gasteiger partial charge is 0.460 e. The lowest BCUT2D eigenvalue weighted by atomic mass is 10.1. The van der Waals surface area contributed by atoms with Crippen LogP contribution in [0.1, 0.15) is 23.0 Å². The van der Waals surface area contributed by atoms with Gasteiger partial charge in [-0.25, -0.2) is 9.64 Å². The topological polar surface area (TPSA) is 56.7 Å². The van der Waals surface area contributed by atoms with Crippen molar-refractivity contribution >= 4 is 11.7 Å². The van der Waals surface area contributed by atoms with Crippen molar-refractivity contribution in [3.05, 3.63) is 47.0 Å². The second kappa shape index (κ2) is 5.36. The number of carbonyl (C=O) groups is 1. The van der Waals surface area contributed by atoms with Gasteiger partial charge in [-0.2, -0.15) is 0 Å². The smallest absolute Gasteiger partial charge is 0.377 e. The Morgan fingerprint density at radius 3 is 2.95 bits per heavy atom. The first-order valence-corrected chi connectivity index (χ1v) is 5.78. The Balaban J connectivity index is 2.33. The van der Waals surface area contributed by atoms with E-state index in [1.165, 1.54) is 6.07 Å². The van der Waals surface area contributed by atoms with Crippen molar-refractivity contribution in [2.45, 2.75) is 13.8 Å². The molecule has 0 N–H and O–H groups in total. The number of aryl methyl sites for hydroxylation is 1. The monoisotopic (exact) mass is 256 g/mol. The first-order valence-electron chi connectivity index (χ1n) is 5.78. The van der Waals surface area contributed by atoms with Crippen molar-refractivity contribution in [3.63, 3.8) is 0 Å². The lowest BCUT2D eigenvalue weighted by Crippen LogP contribution is -2.02. The standard InChI is InChI=1S/C14H12N2O3/c1-4-18-14(17)13-8-12(16-19-13)10-6-5-9(2)11(7-10)15-3/h5-8H,4H2,1-2H3. The highest BCUT2D eigenvalue weighted by atomic mass is 16.6. The summed E-state index contributed by atoms with van der Waals surface area (Å²) < 4.78 is 9.76. The Morgan fingerprint density at radius 1 is 1.47 bits per heavy atom. The first kappa shape index (κ1) is 12.8. The molecule has 0 saturated heterocycles. The molecule has 0 amide bonds. The van der Waals surface area contributed by atoms with Crippen molar-refractivity contribution in [1.82, 2.24) is 5.16 Å². The minimum Gasteiger partial charge on any atom is -0.460 e. The zero-order valence-corrected chi connectivity index (χ0v) is 10.6. The first-order chi connectivity index (χ1) is 9.15. The maximum absolute atomic E-state index is 11.5. The Morgan fingerprint density at radius 2 is 2.26 bits per heavy atom. The fourth-order valence-electron chi connectivity index (χ4n) is 1.60. The highest BCUT2D eigenvalue weighted by Crippen LogP contribution is 2.27. The molecular formula is C14H12N2O3. The number of esters is 1. The van der Waals surface area contributed by atoms with Gasteiger partial charge in [-0.15, -0.1) is 0 Å². The van der Waals surface area contributed by atoms with Crippen LogP contribution in [0, 0.1) is 13.5 Å². The second-order valence-corrected chi connectivity index (χ2v) is 3.91. The van der Waals surface area contributed by atoms with Gasteiger partial charge >= 0.3 is 5.97 Å². The maximum atomic E-state index is 11.5. The van der Waals surface area contributed by atoms with Crippen LogP contribution in [-0.2, 0) is 4.74 Å². The SMILES string of the molecule is [C-]#[N+]c1cc(-c2cc(C(=O)OCC)on2)ccc1C. The number of hydrogen-bond acceptors (Lipinski definition) is 4. The van der Waals surface area contributed by atoms with Crippen LogP contribution in [0.5, 0.6) is 0 Å². The summed E-state index contributed by atoms with van der Waals surface area (Å²) in [6.45, 7) is 10.9. The lowest BCUT2D eigenvalue weighted by Gasteiger charge is -1.99. The second-order valence-electron chi connectivity index (χ2n) is 3.91. The van der Waals surface area contributed by atoms with E-state index in [4.69, 9.17) is 15.8 Å². The summed E-state index contributed by atoms with van der Waals surface area (Å²) in [7, 11) is 0. The Kier molecular flexibility index (Phi) is 3.62. The molecule has 0 aliphatic heterocycles. The number of aromatic nitrogens is 1. The van der Waals surface area contributed by atoms with Crippen LogP contribution >= 0.6 is 0 Å². The summed E-state index contributed by atoms with van der Waals surface area (Å²) in [6.07, 6.45) is 0. The van der Waals surface area contributed by atoms with Gasteiger partial charge in [0.15, 0.2) is 5.69 Å². The molecule has 2 rings (SSSR count). The molecule has 0 atom stereocenters. The maximum Gasteiger partial charge on any atom is 0.377 e. The molecule has 1 heterocycles. The molecule has 0 aliphatic carbocycles. The molecule has 5 heteroatoms. The molecule has 0 aliphatic rings. The summed E-state index contributed by atoms with van der Waals surface area (Å²) >= 11 is 0. The van der Waals surface area contributed by atoms with E-state index in [0.29, 0.717) is 11.4 Å². The van der Waals surface area contributed by atoms with Crippen LogP contribution in [0.15, 0.2) is 28.8 Å². The lowest BCUT2D eigenvalue weighted by molar-refractivity contribution is 0.0480. The fraction of sp³-hybridized carbons (Fsp3) is 0.214. The Labute approximate surface area is 110 Å². The van der Waals surface area contributed by atoms with Crippen molar-refractivity contribution in [2.24, 2.45) is 0 Å². The molecule has 0 saturated carbocycles. The van der Waals surface area contributed by atoms with Crippen molar-refractivity contribution in [1.29, 1.82) is 0 Å². The van der Waals surface area contributed by atoms with E-state index in [-0.39, 0.29) is 12.4 Å².